The molecule has 0 aromatic heterocycles. The number of hydrogen-bond acceptors (Lipinski definition) is 0. The summed E-state index contributed by atoms with van der Waals surface area (Å²) in [5, 5.41) is 1.21. The van der Waals surface area contributed by atoms with E-state index in [-0.39, 0.29) is 2.14 Å². The summed E-state index contributed by atoms with van der Waals surface area (Å²) in [5.41, 5.74) is 0.593. The summed E-state index contributed by atoms with van der Waals surface area (Å²) in [6.07, 6.45) is 8.67. The van der Waals surface area contributed by atoms with Crippen LogP contribution in [-0.4, -0.2) is 7.47 Å². The minimum Gasteiger partial charge on any atom is -0.0922 e. The first-order valence-corrected chi connectivity index (χ1v) is 10.0. The maximum Gasteiger partial charge on any atom is 0.135 e. The Labute approximate surface area is 138 Å². The van der Waals surface area contributed by atoms with Crippen molar-refractivity contribution in [1.82, 2.24) is 0 Å². The molecule has 4 bridgehead atoms. The van der Waals surface area contributed by atoms with Gasteiger partial charge in [-0.3, -0.25) is 0 Å². The lowest BCUT2D eigenvalue weighted by Gasteiger charge is -2.61. The zero-order valence-corrected chi connectivity index (χ0v) is 16.1. The number of hydrogen-bond donors (Lipinski definition) is 0. The van der Waals surface area contributed by atoms with Gasteiger partial charge in [0.1, 0.15) is 2.14 Å². The quantitative estimate of drug-likeness (QED) is 0.411. The van der Waals surface area contributed by atoms with Crippen molar-refractivity contribution < 1.29 is 0 Å². The van der Waals surface area contributed by atoms with Crippen LogP contribution in [0.5, 0.6) is 0 Å². The molecule has 4 aliphatic rings. The third kappa shape index (κ3) is 2.58. The Balaban J connectivity index is 1.87. The predicted molar refractivity (Wildman–Crippen MR) is 87.4 cm³/mol. The summed E-state index contributed by atoms with van der Waals surface area (Å²) >= 11 is 15.0. The van der Waals surface area contributed by atoms with Crippen LogP contribution >= 0.6 is 63.7 Å². The molecule has 0 saturated heterocycles. The van der Waals surface area contributed by atoms with Crippen molar-refractivity contribution in [3.63, 3.8) is 0 Å². The van der Waals surface area contributed by atoms with Crippen molar-refractivity contribution in [3.8, 4) is 0 Å². The van der Waals surface area contributed by atoms with Gasteiger partial charge in [0.05, 0.1) is 0 Å². The SMILES string of the molecule is BrCC12C[C@@H]3CC(C[C@@H](C3)C1)C2CC(Br)(Br)Br. The molecular weight excluding hydrogens is 476 g/mol. The van der Waals surface area contributed by atoms with Crippen LogP contribution in [0.3, 0.4) is 0 Å². The van der Waals surface area contributed by atoms with Crippen molar-refractivity contribution >= 4 is 63.7 Å². The van der Waals surface area contributed by atoms with Gasteiger partial charge in [-0.15, -0.1) is 0 Å². The van der Waals surface area contributed by atoms with Gasteiger partial charge < -0.3 is 0 Å². The highest BCUT2D eigenvalue weighted by molar-refractivity contribution is 9.39. The fraction of sp³-hybridized carbons (Fsp3) is 1.00. The monoisotopic (exact) mass is 490 g/mol. The first kappa shape index (κ1) is 13.9. The molecule has 0 nitrogen and oxygen atoms in total. The largest absolute Gasteiger partial charge is 0.135 e. The first-order valence-electron chi connectivity index (χ1n) is 6.54. The van der Waals surface area contributed by atoms with Gasteiger partial charge in [-0.2, -0.15) is 0 Å². The molecule has 0 aromatic rings. The molecule has 4 rings (SSSR count). The predicted octanol–water partition coefficient (Wildman–Crippen LogP) is 6.05. The molecule has 0 heterocycles. The van der Waals surface area contributed by atoms with E-state index >= 15 is 0 Å². The van der Waals surface area contributed by atoms with Crippen molar-refractivity contribution in [1.29, 1.82) is 0 Å². The van der Waals surface area contributed by atoms with Crippen LogP contribution in [0, 0.1) is 29.1 Å². The Hall–Kier alpha value is 1.92. The van der Waals surface area contributed by atoms with Crippen molar-refractivity contribution in [2.45, 2.75) is 40.7 Å². The van der Waals surface area contributed by atoms with Crippen LogP contribution < -0.4 is 0 Å². The highest BCUT2D eigenvalue weighted by Crippen LogP contribution is 2.65. The minimum absolute atomic E-state index is 0.0534. The van der Waals surface area contributed by atoms with Crippen molar-refractivity contribution in [2.24, 2.45) is 29.1 Å². The molecule has 4 heteroatoms. The van der Waals surface area contributed by atoms with Gasteiger partial charge in [0.15, 0.2) is 0 Å². The van der Waals surface area contributed by atoms with Gasteiger partial charge in [-0.05, 0) is 67.6 Å². The molecule has 0 radical (unpaired) electrons. The average Bonchev–Trinajstić information content (AvgIpc) is 2.21. The third-order valence-electron chi connectivity index (χ3n) is 5.40. The smallest absolute Gasteiger partial charge is 0.0922 e. The topological polar surface area (TPSA) is 0 Å². The molecule has 98 valence electrons. The van der Waals surface area contributed by atoms with Crippen LogP contribution in [0.2, 0.25) is 0 Å². The van der Waals surface area contributed by atoms with Gasteiger partial charge in [0, 0.05) is 5.33 Å². The third-order valence-corrected chi connectivity index (χ3v) is 7.49. The van der Waals surface area contributed by atoms with Gasteiger partial charge in [-0.25, -0.2) is 0 Å². The molecule has 0 aliphatic heterocycles. The molecule has 4 aliphatic carbocycles. The average molecular weight is 494 g/mol. The minimum atomic E-state index is -0.0534. The molecule has 4 fully saturated rings. The molecule has 0 spiro atoms. The maximum atomic E-state index is 3.84. The Kier molecular flexibility index (Phi) is 3.87. The first-order chi connectivity index (χ1) is 7.92. The van der Waals surface area contributed by atoms with E-state index in [1.54, 1.807) is 0 Å². The Morgan fingerprint density at radius 1 is 1.00 bits per heavy atom. The summed E-state index contributed by atoms with van der Waals surface area (Å²) in [5.74, 6) is 3.92. The zero-order chi connectivity index (χ0) is 12.3. The summed E-state index contributed by atoms with van der Waals surface area (Å²) in [4.78, 5) is 0. The summed E-state index contributed by atoms with van der Waals surface area (Å²) in [7, 11) is 0. The fourth-order valence-electron chi connectivity index (χ4n) is 5.15. The summed E-state index contributed by atoms with van der Waals surface area (Å²) < 4.78 is -0.0534. The van der Waals surface area contributed by atoms with Crippen LogP contribution in [-0.2, 0) is 0 Å². The molecule has 17 heavy (non-hydrogen) atoms. The van der Waals surface area contributed by atoms with Crippen LogP contribution in [0.4, 0.5) is 0 Å². The summed E-state index contributed by atoms with van der Waals surface area (Å²) in [6.45, 7) is 0. The lowest BCUT2D eigenvalue weighted by atomic mass is 9.45. The van der Waals surface area contributed by atoms with Gasteiger partial charge in [0.2, 0.25) is 0 Å². The molecule has 5 atom stereocenters. The highest BCUT2D eigenvalue weighted by atomic mass is 80.0. The lowest BCUT2D eigenvalue weighted by Crippen LogP contribution is -2.54. The number of alkyl halides is 4. The second-order valence-electron chi connectivity index (χ2n) is 6.53. The molecular formula is C13H18Br4. The number of halogens is 4. The van der Waals surface area contributed by atoms with Gasteiger partial charge in [0.25, 0.3) is 0 Å². The maximum absolute atomic E-state index is 3.84. The van der Waals surface area contributed by atoms with E-state index in [1.807, 2.05) is 0 Å². The second kappa shape index (κ2) is 4.73. The van der Waals surface area contributed by atoms with E-state index in [4.69, 9.17) is 0 Å². The normalized spacial score (nSPS) is 48.7. The molecule has 0 amide bonds. The molecule has 0 aromatic carbocycles. The van der Waals surface area contributed by atoms with Gasteiger partial charge in [-0.1, -0.05) is 63.7 Å². The van der Waals surface area contributed by atoms with E-state index in [0.29, 0.717) is 5.41 Å². The van der Waals surface area contributed by atoms with Crippen LogP contribution in [0.25, 0.3) is 0 Å². The second-order valence-corrected chi connectivity index (χ2v) is 14.3. The van der Waals surface area contributed by atoms with E-state index < -0.39 is 0 Å². The van der Waals surface area contributed by atoms with E-state index in [1.165, 1.54) is 43.9 Å². The standard InChI is InChI=1S/C13H18Br4/c14-7-12-4-8-1-9(5-12)3-10(2-8)11(12)6-13(15,16)17/h8-11H,1-7H2/t8-,9+,10?,11?,12?. The molecule has 4 saturated carbocycles. The zero-order valence-electron chi connectivity index (χ0n) is 9.77. The Bertz CT molecular complexity index is 295. The van der Waals surface area contributed by atoms with Gasteiger partial charge >= 0.3 is 0 Å². The Morgan fingerprint density at radius 3 is 2.06 bits per heavy atom. The van der Waals surface area contributed by atoms with Crippen molar-refractivity contribution in [3.05, 3.63) is 0 Å². The highest BCUT2D eigenvalue weighted by Gasteiger charge is 2.57. The van der Waals surface area contributed by atoms with E-state index in [0.717, 1.165) is 23.7 Å². The Morgan fingerprint density at radius 2 is 1.59 bits per heavy atom. The molecule has 3 unspecified atom stereocenters. The van der Waals surface area contributed by atoms with Crippen LogP contribution in [0.1, 0.15) is 38.5 Å². The van der Waals surface area contributed by atoms with Crippen molar-refractivity contribution in [2.75, 3.05) is 5.33 Å². The number of rotatable bonds is 2. The fourth-order valence-corrected chi connectivity index (χ4v) is 7.07. The van der Waals surface area contributed by atoms with E-state index in [9.17, 15) is 0 Å². The summed E-state index contributed by atoms with van der Waals surface area (Å²) in [6, 6.07) is 0. The van der Waals surface area contributed by atoms with Crippen LogP contribution in [0.15, 0.2) is 0 Å². The van der Waals surface area contributed by atoms with E-state index in [2.05, 4.69) is 63.7 Å². The molecule has 0 N–H and O–H groups in total. The lowest BCUT2D eigenvalue weighted by molar-refractivity contribution is -0.0963.